The van der Waals surface area contributed by atoms with E-state index in [0.717, 1.165) is 114 Å². The molecule has 1 heterocycles. The van der Waals surface area contributed by atoms with Gasteiger partial charge in [0.25, 0.3) is 0 Å². The minimum absolute atomic E-state index is 0. The van der Waals surface area contributed by atoms with Crippen LogP contribution in [0.4, 0.5) is 11.4 Å². The second-order valence-corrected chi connectivity index (χ2v) is 25.2. The van der Waals surface area contributed by atoms with Crippen molar-refractivity contribution in [2.45, 2.75) is 128 Å². The van der Waals surface area contributed by atoms with Gasteiger partial charge in [0.2, 0.25) is 11.1 Å². The zero-order valence-corrected chi connectivity index (χ0v) is 46.2. The molecule has 3 radical (unpaired) electrons. The third-order valence-electron chi connectivity index (χ3n) is 17.7. The standard InChI is InChI=1S/C18H23N3OS.C18H21N3S.C11H15ClO.C7H9N3S.CH2Cl2.CH4.B/c22-16(20-21-17(23)19-15-4-2-1-3-5-15)18-9-12-6-13(10-18)8-14(7-12)11-18;22-17-20-19-16(21(17)15-4-2-1-3-5-15)18-9-12-6-13(10-18)8-14(7-12)11-18;12-10(13)11-4-7-1-8(5-11)3-9(2-7)6-11;8-10-7(11)9-6-4-2-1-3-5-6;2-1-3;;/h1-5,12-14H,6-11H2,(H,20,22)(H2,19,21,23);1-5,12-14H,6-11H2,(H,20,22);7-9H,1-6H2;1-5H,8H2,(H2,9,10,11);1H2;1H4;. The summed E-state index contributed by atoms with van der Waals surface area (Å²) in [6, 6.07) is 29.8. The van der Waals surface area contributed by atoms with Crippen LogP contribution in [0.15, 0.2) is 91.0 Å². The Bertz CT molecular complexity index is 2470. The molecular formula is C56H74BCl3N9O2S3. The fraction of sp³-hybridized carbons (Fsp3) is 0.571. The minimum Gasteiger partial charge on any atom is -0.332 e. The number of para-hydroxylation sites is 3. The predicted molar refractivity (Wildman–Crippen MR) is 314 cm³/mol. The SMILES string of the molecule is C.ClCCl.NNC(=S)Nc1ccccc1.O=C(Cl)C12CC3CC(CC(C3)C1)C2.O=C(NNC(=S)Nc1ccccc1)C12CC3CC(CC(C3)C1)C2.S=c1[nH]nc(C23CC4CC(CC(C4)C2)C3)n1-c1ccccc1.[B]. The normalized spacial score (nSPS) is 32.0. The largest absolute Gasteiger partial charge is 0.332 e. The number of H-pyrrole nitrogens is 1. The Labute approximate surface area is 471 Å². The van der Waals surface area contributed by atoms with Gasteiger partial charge in [-0.25, -0.2) is 5.84 Å². The van der Waals surface area contributed by atoms with E-state index >= 15 is 0 Å². The Morgan fingerprint density at radius 3 is 1.32 bits per heavy atom. The van der Waals surface area contributed by atoms with Gasteiger partial charge in [-0.1, -0.05) is 62.0 Å². The summed E-state index contributed by atoms with van der Waals surface area (Å²) in [4.78, 5) is 24.3. The van der Waals surface area contributed by atoms with Crippen LogP contribution >= 0.6 is 71.5 Å². The van der Waals surface area contributed by atoms with Gasteiger partial charge < -0.3 is 16.1 Å². The zero-order valence-electron chi connectivity index (χ0n) is 41.5. The van der Waals surface area contributed by atoms with Crippen LogP contribution in [0.1, 0.15) is 129 Å². The Hall–Kier alpha value is -3.57. The Morgan fingerprint density at radius 2 is 0.946 bits per heavy atom. The Kier molecular flexibility index (Phi) is 20.2. The van der Waals surface area contributed by atoms with Crippen LogP contribution in [0.25, 0.3) is 5.69 Å². The molecule has 12 aliphatic carbocycles. The maximum Gasteiger partial charge on any atom is 0.244 e. The molecule has 74 heavy (non-hydrogen) atoms. The molecule has 0 saturated heterocycles. The molecular weight excluding hydrogens is 1040 g/mol. The molecule has 4 aromatic rings. The van der Waals surface area contributed by atoms with Gasteiger partial charge in [-0.05, 0) is 253 Å². The lowest BCUT2D eigenvalue weighted by atomic mass is 9.49. The van der Waals surface area contributed by atoms with Crippen molar-refractivity contribution in [3.8, 4) is 5.69 Å². The summed E-state index contributed by atoms with van der Waals surface area (Å²) in [5, 5.41) is 14.8. The molecule has 12 aliphatic rings. The first kappa shape index (κ1) is 58.1. The summed E-state index contributed by atoms with van der Waals surface area (Å²) in [6.07, 6.45) is 22.9. The molecule has 0 aliphatic heterocycles. The highest BCUT2D eigenvalue weighted by atomic mass is 35.5. The van der Waals surface area contributed by atoms with Crippen LogP contribution in [-0.2, 0) is 15.0 Å². The first-order valence-corrected chi connectivity index (χ1v) is 28.8. The van der Waals surface area contributed by atoms with Gasteiger partial charge >= 0.3 is 0 Å². The van der Waals surface area contributed by atoms with Crippen molar-refractivity contribution in [2.24, 2.45) is 69.9 Å². The minimum atomic E-state index is -0.149. The molecule has 1 aromatic heterocycles. The van der Waals surface area contributed by atoms with E-state index in [4.69, 9.17) is 82.4 Å². The lowest BCUT2D eigenvalue weighted by Gasteiger charge is -2.56. The molecule has 12 bridgehead atoms. The van der Waals surface area contributed by atoms with Crippen molar-refractivity contribution in [2.75, 3.05) is 16.0 Å². The number of carbonyl (C=O) groups excluding carboxylic acids is 2. The molecule has 18 heteroatoms. The number of anilines is 2. The van der Waals surface area contributed by atoms with E-state index in [1.165, 1.54) is 82.9 Å². The molecule has 11 nitrogen and oxygen atoms in total. The molecule has 1 amide bonds. The van der Waals surface area contributed by atoms with Crippen molar-refractivity contribution in [1.82, 2.24) is 31.0 Å². The van der Waals surface area contributed by atoms with E-state index in [2.05, 4.69) is 66.9 Å². The summed E-state index contributed by atoms with van der Waals surface area (Å²) >= 11 is 30.9. The highest BCUT2D eigenvalue weighted by Crippen LogP contribution is 2.62. The molecule has 12 saturated carbocycles. The van der Waals surface area contributed by atoms with Gasteiger partial charge in [0.15, 0.2) is 15.0 Å². The van der Waals surface area contributed by atoms with Gasteiger partial charge in [-0.3, -0.25) is 30.1 Å². The third-order valence-corrected chi connectivity index (χ3v) is 18.8. The number of nitrogens with one attached hydrogen (secondary N) is 6. The van der Waals surface area contributed by atoms with Crippen LogP contribution in [-0.4, -0.2) is 49.9 Å². The number of aromatic amines is 1. The van der Waals surface area contributed by atoms with Crippen LogP contribution < -0.4 is 32.8 Å². The number of alkyl halides is 2. The van der Waals surface area contributed by atoms with E-state index in [1.54, 1.807) is 0 Å². The number of amides is 1. The number of nitrogens with zero attached hydrogens (tertiary/aromatic N) is 2. The maximum absolute atomic E-state index is 12.8. The lowest BCUT2D eigenvalue weighted by molar-refractivity contribution is -0.146. The van der Waals surface area contributed by atoms with Crippen LogP contribution in [0, 0.1) is 68.9 Å². The van der Waals surface area contributed by atoms with Gasteiger partial charge in [-0.15, -0.1) is 23.2 Å². The first-order valence-electron chi connectivity index (χ1n) is 26.1. The molecule has 397 valence electrons. The third kappa shape index (κ3) is 13.6. The van der Waals surface area contributed by atoms with Crippen molar-refractivity contribution >= 4 is 113 Å². The smallest absolute Gasteiger partial charge is 0.244 e. The number of carbonyl (C=O) groups is 2. The number of hydrogen-bond acceptors (Lipinski definition) is 7. The number of rotatable bonds is 6. The number of hydrogen-bond donors (Lipinski definition) is 7. The fourth-order valence-corrected chi connectivity index (χ4v) is 17.0. The number of aromatic nitrogens is 3. The maximum atomic E-state index is 12.8. The van der Waals surface area contributed by atoms with E-state index in [-0.39, 0.29) is 48.6 Å². The van der Waals surface area contributed by atoms with Crippen LogP contribution in [0.5, 0.6) is 0 Å². The van der Waals surface area contributed by atoms with Crippen molar-refractivity contribution in [3.05, 3.63) is 102 Å². The summed E-state index contributed by atoms with van der Waals surface area (Å²) in [5.74, 6) is 13.9. The van der Waals surface area contributed by atoms with Crippen molar-refractivity contribution < 1.29 is 9.59 Å². The fourth-order valence-electron chi connectivity index (χ4n) is 16.2. The van der Waals surface area contributed by atoms with Crippen molar-refractivity contribution in [3.63, 3.8) is 0 Å². The quantitative estimate of drug-likeness (QED) is 0.0247. The monoisotopic (exact) mass is 1120 g/mol. The van der Waals surface area contributed by atoms with E-state index < -0.39 is 0 Å². The van der Waals surface area contributed by atoms with Crippen molar-refractivity contribution in [1.29, 1.82) is 0 Å². The van der Waals surface area contributed by atoms with Gasteiger partial charge in [0.1, 0.15) is 5.82 Å². The molecule has 8 N–H and O–H groups in total. The summed E-state index contributed by atoms with van der Waals surface area (Å²) < 4.78 is 2.93. The molecule has 3 aromatic carbocycles. The van der Waals surface area contributed by atoms with Crippen LogP contribution in [0.3, 0.4) is 0 Å². The molecule has 16 rings (SSSR count). The molecule has 0 atom stereocenters. The second-order valence-electron chi connectivity index (χ2n) is 22.9. The van der Waals surface area contributed by atoms with Gasteiger partial charge in [-0.2, -0.15) is 5.10 Å². The van der Waals surface area contributed by atoms with E-state index in [0.29, 0.717) is 10.2 Å². The van der Waals surface area contributed by atoms with Gasteiger partial charge in [0.05, 0.1) is 10.8 Å². The average molecular weight is 1120 g/mol. The highest BCUT2D eigenvalue weighted by Gasteiger charge is 2.56. The topological polar surface area (TPSA) is 154 Å². The highest BCUT2D eigenvalue weighted by molar-refractivity contribution is 7.80. The second kappa shape index (κ2) is 25.7. The number of benzene rings is 3. The lowest BCUT2D eigenvalue weighted by Crippen LogP contribution is -2.57. The number of halogens is 3. The van der Waals surface area contributed by atoms with Crippen LogP contribution in [0.2, 0.25) is 0 Å². The zero-order chi connectivity index (χ0) is 50.5. The molecule has 0 spiro atoms. The number of hydrazine groups is 2. The summed E-state index contributed by atoms with van der Waals surface area (Å²) in [5.41, 5.74) is 11.1. The molecule has 12 fully saturated rings. The van der Waals surface area contributed by atoms with Gasteiger partial charge in [0, 0.05) is 36.3 Å². The average Bonchev–Trinajstić information content (AvgIpc) is 3.76. The predicted octanol–water partition coefficient (Wildman–Crippen LogP) is 13.1. The Morgan fingerprint density at radius 1 is 0.595 bits per heavy atom. The summed E-state index contributed by atoms with van der Waals surface area (Å²) in [6.45, 7) is 0. The van der Waals surface area contributed by atoms with E-state index in [9.17, 15) is 9.59 Å². The summed E-state index contributed by atoms with van der Waals surface area (Å²) in [7, 11) is 0. The Balaban J connectivity index is 0.000000146. The molecule has 0 unspecified atom stereocenters. The van der Waals surface area contributed by atoms with E-state index in [1.807, 2.05) is 60.7 Å². The first-order chi connectivity index (χ1) is 34.8. The number of thiocarbonyl (C=S) groups is 2. The number of nitrogens with two attached hydrogens (primary N) is 1.